The van der Waals surface area contributed by atoms with E-state index in [0.717, 1.165) is 13.0 Å². The van der Waals surface area contributed by atoms with Crippen LogP contribution in [0, 0.1) is 0 Å². The van der Waals surface area contributed by atoms with Crippen molar-refractivity contribution in [1.82, 2.24) is 15.4 Å². The topological polar surface area (TPSA) is 43.1 Å². The van der Waals surface area contributed by atoms with Crippen LogP contribution in [-0.2, 0) is 11.8 Å². The number of rotatable bonds is 2. The Morgan fingerprint density at radius 1 is 1.23 bits per heavy atom. The number of H-pyrrole nitrogens is 1. The molecule has 2 heterocycles. The number of nitrogens with zero attached hydrogens (tertiary/aromatic N) is 1. The van der Waals surface area contributed by atoms with Crippen LogP contribution >= 0.6 is 0 Å². The maximum Gasteiger partial charge on any atom is 0.0919 e. The Balaban J connectivity index is 1.94. The van der Waals surface area contributed by atoms with Crippen molar-refractivity contribution in [2.75, 3.05) is 18.9 Å². The highest BCUT2D eigenvalue weighted by Crippen LogP contribution is 2.44. The zero-order valence-electron chi connectivity index (χ0n) is 17.0. The van der Waals surface area contributed by atoms with Crippen molar-refractivity contribution < 1.29 is 0 Å². The molecule has 0 spiro atoms. The van der Waals surface area contributed by atoms with E-state index in [4.69, 9.17) is 0 Å². The van der Waals surface area contributed by atoms with Gasteiger partial charge in [0.25, 0.3) is 0 Å². The van der Waals surface area contributed by atoms with Crippen molar-refractivity contribution in [1.29, 1.82) is 0 Å². The average Bonchev–Trinajstić information content (AvgIpc) is 2.95. The first-order valence-corrected chi connectivity index (χ1v) is 9.93. The number of likely N-dealkylation sites (N-methyl/N-ethyl adjacent to an activating group) is 1. The summed E-state index contributed by atoms with van der Waals surface area (Å²) in [4.78, 5) is 3.82. The molecule has 0 amide bonds. The van der Waals surface area contributed by atoms with Crippen LogP contribution in [0.15, 0.2) is 23.4 Å². The molecule has 2 aromatic rings. The molecule has 4 nitrogen and oxygen atoms in total. The lowest BCUT2D eigenvalue weighted by Gasteiger charge is -2.23. The van der Waals surface area contributed by atoms with Gasteiger partial charge >= 0.3 is 0 Å². The van der Waals surface area contributed by atoms with Gasteiger partial charge in [0.2, 0.25) is 0 Å². The summed E-state index contributed by atoms with van der Waals surface area (Å²) in [5, 5.41) is 7.26. The molecule has 2 aliphatic rings. The van der Waals surface area contributed by atoms with Gasteiger partial charge in [-0.1, -0.05) is 20.8 Å². The van der Waals surface area contributed by atoms with Crippen molar-refractivity contribution in [3.8, 4) is 0 Å². The lowest BCUT2D eigenvalue weighted by molar-refractivity contribution is 0.241. The first-order valence-electron chi connectivity index (χ1n) is 9.93. The normalized spacial score (nSPS) is 20.8. The van der Waals surface area contributed by atoms with E-state index in [0.29, 0.717) is 6.04 Å². The first kappa shape index (κ1) is 17.5. The number of hydrogen-bond donors (Lipinski definition) is 3. The Bertz CT molecular complexity index is 882. The Kier molecular flexibility index (Phi) is 4.07. The fourth-order valence-electron chi connectivity index (χ4n) is 4.77. The number of hydrogen-bond acceptors (Lipinski definition) is 3. The molecule has 3 N–H and O–H groups in total. The van der Waals surface area contributed by atoms with Crippen molar-refractivity contribution in [3.05, 3.63) is 40.2 Å². The van der Waals surface area contributed by atoms with Crippen molar-refractivity contribution in [2.24, 2.45) is 0 Å². The van der Waals surface area contributed by atoms with E-state index in [1.54, 1.807) is 5.57 Å². The van der Waals surface area contributed by atoms with Crippen LogP contribution in [-0.4, -0.2) is 23.6 Å². The summed E-state index contributed by atoms with van der Waals surface area (Å²) in [7, 11) is 2.16. The lowest BCUT2D eigenvalue weighted by atomic mass is 9.85. The van der Waals surface area contributed by atoms with E-state index in [1.807, 2.05) is 0 Å². The van der Waals surface area contributed by atoms with Gasteiger partial charge in [0.1, 0.15) is 0 Å². The summed E-state index contributed by atoms with van der Waals surface area (Å²) in [6, 6.07) is 5.10. The zero-order valence-corrected chi connectivity index (χ0v) is 17.0. The largest absolute Gasteiger partial charge is 0.385 e. The second-order valence-electron chi connectivity index (χ2n) is 8.87. The summed E-state index contributed by atoms with van der Waals surface area (Å²) < 4.78 is 0. The highest BCUT2D eigenvalue weighted by atomic mass is 15.5. The number of anilines is 1. The third-order valence-electron chi connectivity index (χ3n) is 5.94. The van der Waals surface area contributed by atoms with Crippen LogP contribution in [0.5, 0.6) is 0 Å². The molecule has 1 aliphatic carbocycles. The number of aromatic nitrogens is 1. The average molecular weight is 353 g/mol. The standard InChI is InChI=1S/C22H32N4/c1-7-23-19-11-16-15-10-8-9-14-13(2)25-26(6)21(14)20(15)24-18(16)12-17(19)22(3,4)5/h11-12,21,23-25H,7-10H2,1-6H3. The summed E-state index contributed by atoms with van der Waals surface area (Å²) in [6.45, 7) is 12.2. The summed E-state index contributed by atoms with van der Waals surface area (Å²) in [5.74, 6) is 0. The molecule has 1 atom stereocenters. The van der Waals surface area contributed by atoms with E-state index >= 15 is 0 Å². The predicted octanol–water partition coefficient (Wildman–Crippen LogP) is 5.00. The molecule has 140 valence electrons. The number of allylic oxidation sites excluding steroid dienone is 1. The van der Waals surface area contributed by atoms with Crippen LogP contribution in [0.25, 0.3) is 10.9 Å². The van der Waals surface area contributed by atoms with E-state index in [2.05, 4.69) is 74.5 Å². The molecule has 0 radical (unpaired) electrons. The Morgan fingerprint density at radius 2 is 2.00 bits per heavy atom. The van der Waals surface area contributed by atoms with E-state index in [-0.39, 0.29) is 5.41 Å². The molecule has 1 aliphatic heterocycles. The van der Waals surface area contributed by atoms with E-state index in [1.165, 1.54) is 51.9 Å². The number of hydrazine groups is 1. The number of fused-ring (bicyclic) bond motifs is 5. The number of nitrogens with one attached hydrogen (secondary N) is 3. The van der Waals surface area contributed by atoms with Gasteiger partial charge in [-0.15, -0.1) is 0 Å². The molecule has 0 bridgehead atoms. The molecule has 0 saturated carbocycles. The van der Waals surface area contributed by atoms with Crippen LogP contribution in [0.2, 0.25) is 0 Å². The molecule has 4 heteroatoms. The summed E-state index contributed by atoms with van der Waals surface area (Å²) in [6.07, 6.45) is 3.55. The Morgan fingerprint density at radius 3 is 2.69 bits per heavy atom. The number of aromatic amines is 1. The van der Waals surface area contributed by atoms with Crippen molar-refractivity contribution in [2.45, 2.75) is 65.3 Å². The van der Waals surface area contributed by atoms with Gasteiger partial charge in [0.15, 0.2) is 0 Å². The monoisotopic (exact) mass is 352 g/mol. The molecule has 1 aromatic heterocycles. The molecule has 4 rings (SSSR count). The minimum absolute atomic E-state index is 0.113. The lowest BCUT2D eigenvalue weighted by Crippen LogP contribution is -2.30. The van der Waals surface area contributed by atoms with Gasteiger partial charge in [-0.2, -0.15) is 0 Å². The highest BCUT2D eigenvalue weighted by Gasteiger charge is 2.35. The third kappa shape index (κ3) is 2.62. The molecule has 1 unspecified atom stereocenters. The third-order valence-corrected chi connectivity index (χ3v) is 5.94. The predicted molar refractivity (Wildman–Crippen MR) is 110 cm³/mol. The molecular weight excluding hydrogens is 320 g/mol. The van der Waals surface area contributed by atoms with Crippen LogP contribution in [0.1, 0.15) is 70.3 Å². The molecule has 0 saturated heterocycles. The molecule has 26 heavy (non-hydrogen) atoms. The maximum atomic E-state index is 3.82. The second kappa shape index (κ2) is 6.05. The van der Waals surface area contributed by atoms with E-state index < -0.39 is 0 Å². The molecular formula is C22H32N4. The van der Waals surface area contributed by atoms with Gasteiger partial charge in [0.05, 0.1) is 6.04 Å². The fourth-order valence-corrected chi connectivity index (χ4v) is 4.77. The SMILES string of the molecule is CCNc1cc2c3c([nH]c2cc1C(C)(C)C)C1C(=C(C)NN1C)CCC3. The Labute approximate surface area is 157 Å². The minimum atomic E-state index is 0.113. The smallest absolute Gasteiger partial charge is 0.0919 e. The van der Waals surface area contributed by atoms with Gasteiger partial charge in [-0.25, -0.2) is 5.01 Å². The second-order valence-corrected chi connectivity index (χ2v) is 8.87. The van der Waals surface area contributed by atoms with Crippen LogP contribution in [0.3, 0.4) is 0 Å². The summed E-state index contributed by atoms with van der Waals surface area (Å²) in [5.41, 5.74) is 13.3. The van der Waals surface area contributed by atoms with Gasteiger partial charge in [-0.05, 0) is 67.4 Å². The Hall–Kier alpha value is -1.94. The van der Waals surface area contributed by atoms with Crippen molar-refractivity contribution in [3.63, 3.8) is 0 Å². The first-order chi connectivity index (χ1) is 12.3. The summed E-state index contributed by atoms with van der Waals surface area (Å²) >= 11 is 0. The minimum Gasteiger partial charge on any atom is -0.385 e. The quantitative estimate of drug-likeness (QED) is 0.713. The molecule has 0 fully saturated rings. The van der Waals surface area contributed by atoms with Gasteiger partial charge in [0, 0.05) is 41.6 Å². The zero-order chi connectivity index (χ0) is 18.6. The van der Waals surface area contributed by atoms with Crippen LogP contribution < -0.4 is 10.7 Å². The van der Waals surface area contributed by atoms with Crippen molar-refractivity contribution >= 4 is 16.6 Å². The number of benzene rings is 1. The van der Waals surface area contributed by atoms with Crippen LogP contribution in [0.4, 0.5) is 5.69 Å². The number of aryl methyl sites for hydroxylation is 1. The molecule has 1 aromatic carbocycles. The highest BCUT2D eigenvalue weighted by molar-refractivity contribution is 5.90. The van der Waals surface area contributed by atoms with Gasteiger partial charge < -0.3 is 15.7 Å². The maximum absolute atomic E-state index is 3.82. The van der Waals surface area contributed by atoms with Gasteiger partial charge in [-0.3, -0.25) is 0 Å². The fraction of sp³-hybridized carbons (Fsp3) is 0.545. The van der Waals surface area contributed by atoms with E-state index in [9.17, 15) is 0 Å².